The van der Waals surface area contributed by atoms with E-state index in [9.17, 15) is 0 Å². The van der Waals surface area contributed by atoms with Crippen LogP contribution in [0.3, 0.4) is 0 Å². The van der Waals surface area contributed by atoms with E-state index in [2.05, 4.69) is 15.0 Å². The summed E-state index contributed by atoms with van der Waals surface area (Å²) in [5.41, 5.74) is 7.12. The van der Waals surface area contributed by atoms with Crippen molar-refractivity contribution in [2.75, 3.05) is 0 Å². The standard InChI is InChI=1S/C8H12N4/c1-6-3-12-8(4-10-6)5-11-7(2)9/h3-4H,5H2,1-2H3,(H2,9,11). The highest BCUT2D eigenvalue weighted by Gasteiger charge is 1.92. The van der Waals surface area contributed by atoms with Crippen LogP contribution in [0.1, 0.15) is 18.3 Å². The van der Waals surface area contributed by atoms with Crippen molar-refractivity contribution in [2.45, 2.75) is 20.4 Å². The van der Waals surface area contributed by atoms with E-state index in [4.69, 9.17) is 5.73 Å². The Balaban J connectivity index is 2.65. The van der Waals surface area contributed by atoms with Crippen molar-refractivity contribution in [1.29, 1.82) is 0 Å². The maximum Gasteiger partial charge on any atom is 0.0910 e. The van der Waals surface area contributed by atoms with Gasteiger partial charge in [0.2, 0.25) is 0 Å². The highest BCUT2D eigenvalue weighted by molar-refractivity contribution is 5.77. The van der Waals surface area contributed by atoms with Crippen molar-refractivity contribution in [1.82, 2.24) is 9.97 Å². The number of aromatic nitrogens is 2. The van der Waals surface area contributed by atoms with Crippen LogP contribution in [0, 0.1) is 6.92 Å². The molecule has 1 aromatic heterocycles. The normalized spacial score (nSPS) is 11.7. The van der Waals surface area contributed by atoms with E-state index in [0.717, 1.165) is 11.4 Å². The lowest BCUT2D eigenvalue weighted by atomic mass is 10.4. The average Bonchev–Trinajstić information content (AvgIpc) is 2.03. The van der Waals surface area contributed by atoms with Crippen LogP contribution in [-0.2, 0) is 6.54 Å². The molecule has 0 aromatic carbocycles. The Bertz CT molecular complexity index is 272. The maximum atomic E-state index is 5.37. The van der Waals surface area contributed by atoms with Gasteiger partial charge in [-0.2, -0.15) is 0 Å². The molecule has 0 saturated heterocycles. The molecular weight excluding hydrogens is 152 g/mol. The van der Waals surface area contributed by atoms with Gasteiger partial charge in [-0.05, 0) is 13.8 Å². The zero-order valence-corrected chi connectivity index (χ0v) is 7.28. The van der Waals surface area contributed by atoms with E-state index < -0.39 is 0 Å². The first-order valence-corrected chi connectivity index (χ1v) is 3.72. The molecule has 4 nitrogen and oxygen atoms in total. The third kappa shape index (κ3) is 2.65. The van der Waals surface area contributed by atoms with Crippen molar-refractivity contribution in [2.24, 2.45) is 10.7 Å². The van der Waals surface area contributed by atoms with E-state index in [1.54, 1.807) is 19.3 Å². The van der Waals surface area contributed by atoms with Gasteiger partial charge in [-0.3, -0.25) is 15.0 Å². The van der Waals surface area contributed by atoms with Crippen molar-refractivity contribution in [3.8, 4) is 0 Å². The van der Waals surface area contributed by atoms with E-state index in [0.29, 0.717) is 12.4 Å². The third-order valence-corrected chi connectivity index (χ3v) is 1.32. The summed E-state index contributed by atoms with van der Waals surface area (Å²) in [6.45, 7) is 4.16. The maximum absolute atomic E-state index is 5.37. The van der Waals surface area contributed by atoms with E-state index in [-0.39, 0.29) is 0 Å². The molecule has 0 amide bonds. The summed E-state index contributed by atoms with van der Waals surface area (Å²) in [7, 11) is 0. The highest BCUT2D eigenvalue weighted by Crippen LogP contribution is 1.95. The molecule has 1 heterocycles. The first-order chi connectivity index (χ1) is 5.68. The molecule has 0 fully saturated rings. The predicted octanol–water partition coefficient (Wildman–Crippen LogP) is 0.662. The van der Waals surface area contributed by atoms with Gasteiger partial charge in [0.05, 0.1) is 30.0 Å². The molecule has 0 aliphatic carbocycles. The van der Waals surface area contributed by atoms with E-state index in [1.165, 1.54) is 0 Å². The largest absolute Gasteiger partial charge is 0.388 e. The molecule has 1 aromatic rings. The molecular formula is C8H12N4. The van der Waals surface area contributed by atoms with Gasteiger partial charge in [-0.1, -0.05) is 0 Å². The lowest BCUT2D eigenvalue weighted by molar-refractivity contribution is 0.944. The second kappa shape index (κ2) is 3.80. The Morgan fingerprint density at radius 2 is 2.25 bits per heavy atom. The Kier molecular flexibility index (Phi) is 2.74. The van der Waals surface area contributed by atoms with Crippen molar-refractivity contribution in [3.63, 3.8) is 0 Å². The second-order valence-corrected chi connectivity index (χ2v) is 2.61. The quantitative estimate of drug-likeness (QED) is 0.516. The molecule has 0 spiro atoms. The van der Waals surface area contributed by atoms with Crippen LogP contribution in [0.25, 0.3) is 0 Å². The molecule has 0 aliphatic rings. The van der Waals surface area contributed by atoms with Gasteiger partial charge < -0.3 is 5.73 Å². The number of hydrogen-bond acceptors (Lipinski definition) is 3. The minimum atomic E-state index is 0.510. The SMILES string of the molecule is CC(N)=NCc1cnc(C)cn1. The number of aryl methyl sites for hydroxylation is 1. The number of nitrogens with two attached hydrogens (primary N) is 1. The van der Waals surface area contributed by atoms with Crippen LogP contribution in [0.4, 0.5) is 0 Å². The fraction of sp³-hybridized carbons (Fsp3) is 0.375. The Morgan fingerprint density at radius 3 is 2.75 bits per heavy atom. The summed E-state index contributed by atoms with van der Waals surface area (Å²) in [4.78, 5) is 12.2. The Morgan fingerprint density at radius 1 is 1.50 bits per heavy atom. The minimum Gasteiger partial charge on any atom is -0.388 e. The smallest absolute Gasteiger partial charge is 0.0910 e. The molecule has 2 N–H and O–H groups in total. The van der Waals surface area contributed by atoms with Crippen LogP contribution in [0.5, 0.6) is 0 Å². The second-order valence-electron chi connectivity index (χ2n) is 2.61. The lowest BCUT2D eigenvalue weighted by Gasteiger charge is -1.95. The summed E-state index contributed by atoms with van der Waals surface area (Å²) in [6.07, 6.45) is 3.43. The fourth-order valence-corrected chi connectivity index (χ4v) is 0.707. The van der Waals surface area contributed by atoms with Gasteiger partial charge in [-0.25, -0.2) is 0 Å². The van der Waals surface area contributed by atoms with E-state index in [1.807, 2.05) is 6.92 Å². The van der Waals surface area contributed by atoms with Crippen LogP contribution >= 0.6 is 0 Å². The summed E-state index contributed by atoms with van der Waals surface area (Å²) >= 11 is 0. The molecule has 0 bridgehead atoms. The molecule has 0 radical (unpaired) electrons. The third-order valence-electron chi connectivity index (χ3n) is 1.32. The van der Waals surface area contributed by atoms with Crippen LogP contribution in [-0.4, -0.2) is 15.8 Å². The van der Waals surface area contributed by atoms with E-state index >= 15 is 0 Å². The molecule has 0 aliphatic heterocycles. The van der Waals surface area contributed by atoms with Crippen molar-refractivity contribution in [3.05, 3.63) is 23.8 Å². The monoisotopic (exact) mass is 164 g/mol. The Labute approximate surface area is 71.6 Å². The molecule has 4 heteroatoms. The fourth-order valence-electron chi connectivity index (χ4n) is 0.707. The van der Waals surface area contributed by atoms with Gasteiger partial charge in [0.15, 0.2) is 0 Å². The molecule has 0 atom stereocenters. The van der Waals surface area contributed by atoms with Gasteiger partial charge in [-0.15, -0.1) is 0 Å². The number of amidine groups is 1. The molecule has 64 valence electrons. The summed E-state index contributed by atoms with van der Waals surface area (Å²) < 4.78 is 0. The van der Waals surface area contributed by atoms with Crippen molar-refractivity contribution >= 4 is 5.84 Å². The molecule has 1 rings (SSSR count). The first-order valence-electron chi connectivity index (χ1n) is 3.72. The predicted molar refractivity (Wildman–Crippen MR) is 47.8 cm³/mol. The minimum absolute atomic E-state index is 0.510. The summed E-state index contributed by atoms with van der Waals surface area (Å²) in [5.74, 6) is 0.567. The van der Waals surface area contributed by atoms with Gasteiger partial charge in [0, 0.05) is 6.20 Å². The van der Waals surface area contributed by atoms with Crippen molar-refractivity contribution < 1.29 is 0 Å². The molecule has 0 saturated carbocycles. The average molecular weight is 164 g/mol. The zero-order valence-electron chi connectivity index (χ0n) is 7.28. The first kappa shape index (κ1) is 8.64. The molecule has 12 heavy (non-hydrogen) atoms. The number of rotatable bonds is 2. The number of hydrogen-bond donors (Lipinski definition) is 1. The molecule has 0 unspecified atom stereocenters. The summed E-state index contributed by atoms with van der Waals surface area (Å²) in [6, 6.07) is 0. The lowest BCUT2D eigenvalue weighted by Crippen LogP contribution is -2.05. The van der Waals surface area contributed by atoms with Gasteiger partial charge >= 0.3 is 0 Å². The van der Waals surface area contributed by atoms with Crippen LogP contribution in [0.2, 0.25) is 0 Å². The van der Waals surface area contributed by atoms with Crippen LogP contribution < -0.4 is 5.73 Å². The Hall–Kier alpha value is -1.45. The number of aliphatic imine (C=N–C) groups is 1. The highest BCUT2D eigenvalue weighted by atomic mass is 14.9. The zero-order chi connectivity index (χ0) is 8.97. The number of nitrogens with zero attached hydrogens (tertiary/aromatic N) is 3. The van der Waals surface area contributed by atoms with Gasteiger partial charge in [0.1, 0.15) is 0 Å². The summed E-state index contributed by atoms with van der Waals surface area (Å²) in [5, 5.41) is 0. The van der Waals surface area contributed by atoms with Crippen LogP contribution in [0.15, 0.2) is 17.4 Å². The van der Waals surface area contributed by atoms with Gasteiger partial charge in [0.25, 0.3) is 0 Å². The topological polar surface area (TPSA) is 64.2 Å².